The summed E-state index contributed by atoms with van der Waals surface area (Å²) < 4.78 is 32.6. The van der Waals surface area contributed by atoms with Gasteiger partial charge in [0.1, 0.15) is 5.60 Å². The summed E-state index contributed by atoms with van der Waals surface area (Å²) in [4.78, 5) is 25.5. The number of benzene rings is 1. The molecule has 0 aliphatic carbocycles. The Hall–Kier alpha value is -1.70. The van der Waals surface area contributed by atoms with Crippen molar-refractivity contribution in [1.82, 2.24) is 10.2 Å². The minimum atomic E-state index is -1.18. The Kier molecular flexibility index (Phi) is 5.47. The third-order valence-corrected chi connectivity index (χ3v) is 4.07. The Morgan fingerprint density at radius 2 is 1.96 bits per heavy atom. The van der Waals surface area contributed by atoms with Crippen LogP contribution < -0.4 is 5.32 Å². The van der Waals surface area contributed by atoms with Gasteiger partial charge in [-0.25, -0.2) is 13.6 Å². The maximum atomic E-state index is 13.9. The number of hydrogen-bond donors (Lipinski definition) is 1. The highest BCUT2D eigenvalue weighted by Gasteiger charge is 2.31. The van der Waals surface area contributed by atoms with Crippen molar-refractivity contribution in [1.29, 1.82) is 0 Å². The Morgan fingerprint density at radius 3 is 2.58 bits per heavy atom. The number of amides is 2. The van der Waals surface area contributed by atoms with Crippen LogP contribution in [0.1, 0.15) is 37.6 Å². The number of carbonyl (C=O) groups is 2. The summed E-state index contributed by atoms with van der Waals surface area (Å²) in [5.74, 6) is -2.88. The first-order valence-electron chi connectivity index (χ1n) is 7.51. The van der Waals surface area contributed by atoms with Gasteiger partial charge in [-0.3, -0.25) is 4.79 Å². The van der Waals surface area contributed by atoms with Crippen molar-refractivity contribution in [3.05, 3.63) is 33.8 Å². The number of carbonyl (C=O) groups excluding carboxylic acids is 2. The summed E-state index contributed by atoms with van der Waals surface area (Å²) in [6, 6.07) is 2.24. The van der Waals surface area contributed by atoms with Crippen molar-refractivity contribution in [2.75, 3.05) is 13.1 Å². The molecule has 1 aromatic rings. The molecule has 0 unspecified atom stereocenters. The first kappa shape index (κ1) is 18.6. The predicted molar refractivity (Wildman–Crippen MR) is 87.7 cm³/mol. The average molecular weight is 405 g/mol. The Bertz CT molecular complexity index is 661. The van der Waals surface area contributed by atoms with Gasteiger partial charge in [0, 0.05) is 13.1 Å². The molecule has 0 spiro atoms. The van der Waals surface area contributed by atoms with Crippen LogP contribution in [0.4, 0.5) is 13.6 Å². The van der Waals surface area contributed by atoms with E-state index in [0.29, 0.717) is 13.0 Å². The van der Waals surface area contributed by atoms with Crippen molar-refractivity contribution >= 4 is 27.9 Å². The Morgan fingerprint density at radius 1 is 1.29 bits per heavy atom. The molecule has 2 rings (SSSR count). The standard InChI is InChI=1S/C16H19BrF2N2O3/c1-16(2,3)24-15(23)20-9-6-7-21(8-9)14(22)10-4-5-11(17)13(19)12(10)18/h4-5,9H,6-8H2,1-3H3,(H,20,23)/t9-/m0/s1. The number of rotatable bonds is 2. The van der Waals surface area contributed by atoms with E-state index < -0.39 is 29.2 Å². The largest absolute Gasteiger partial charge is 0.444 e. The maximum absolute atomic E-state index is 13.9. The van der Waals surface area contributed by atoms with Crippen LogP contribution in [0.5, 0.6) is 0 Å². The average Bonchev–Trinajstić information content (AvgIpc) is 2.90. The van der Waals surface area contributed by atoms with Crippen LogP contribution in [0.2, 0.25) is 0 Å². The normalized spacial score (nSPS) is 17.8. The number of ether oxygens (including phenoxy) is 1. The Balaban J connectivity index is 1.99. The van der Waals surface area contributed by atoms with Gasteiger partial charge < -0.3 is 15.0 Å². The molecule has 1 aromatic carbocycles. The van der Waals surface area contributed by atoms with Crippen LogP contribution in [-0.2, 0) is 4.74 Å². The second kappa shape index (κ2) is 7.04. The second-order valence-electron chi connectivity index (χ2n) is 6.61. The SMILES string of the molecule is CC(C)(C)OC(=O)N[C@H]1CCN(C(=O)c2ccc(Br)c(F)c2F)C1. The fourth-order valence-corrected chi connectivity index (χ4v) is 2.70. The quantitative estimate of drug-likeness (QED) is 0.767. The number of likely N-dealkylation sites (tertiary alicyclic amines) is 1. The van der Waals surface area contributed by atoms with E-state index in [1.54, 1.807) is 20.8 Å². The van der Waals surface area contributed by atoms with E-state index in [9.17, 15) is 18.4 Å². The summed E-state index contributed by atoms with van der Waals surface area (Å²) in [5.41, 5.74) is -0.940. The van der Waals surface area contributed by atoms with Crippen LogP contribution in [0, 0.1) is 11.6 Å². The molecule has 1 saturated heterocycles. The third kappa shape index (κ3) is 4.43. The summed E-state index contributed by atoms with van der Waals surface area (Å²) in [7, 11) is 0. The zero-order chi connectivity index (χ0) is 18.1. The predicted octanol–water partition coefficient (Wildman–Crippen LogP) is 3.47. The van der Waals surface area contributed by atoms with E-state index in [1.807, 2.05) is 0 Å². The number of alkyl carbamates (subject to hydrolysis) is 1. The number of hydrogen-bond acceptors (Lipinski definition) is 3. The zero-order valence-electron chi connectivity index (χ0n) is 13.7. The van der Waals surface area contributed by atoms with E-state index in [1.165, 1.54) is 17.0 Å². The lowest BCUT2D eigenvalue weighted by atomic mass is 10.2. The molecule has 0 radical (unpaired) electrons. The lowest BCUT2D eigenvalue weighted by Gasteiger charge is -2.22. The maximum Gasteiger partial charge on any atom is 0.407 e. The molecule has 0 saturated carbocycles. The summed E-state index contributed by atoms with van der Waals surface area (Å²) in [5, 5.41) is 2.68. The number of nitrogens with one attached hydrogen (secondary N) is 1. The minimum Gasteiger partial charge on any atom is -0.444 e. The van der Waals surface area contributed by atoms with E-state index in [-0.39, 0.29) is 22.6 Å². The molecule has 1 fully saturated rings. The van der Waals surface area contributed by atoms with Crippen LogP contribution >= 0.6 is 15.9 Å². The third-order valence-electron chi connectivity index (χ3n) is 3.46. The highest BCUT2D eigenvalue weighted by Crippen LogP contribution is 2.23. The first-order chi connectivity index (χ1) is 11.1. The van der Waals surface area contributed by atoms with Gasteiger partial charge in [-0.2, -0.15) is 0 Å². The summed E-state index contributed by atoms with van der Waals surface area (Å²) >= 11 is 2.87. The van der Waals surface area contributed by atoms with Gasteiger partial charge in [-0.05, 0) is 55.3 Å². The van der Waals surface area contributed by atoms with Gasteiger partial charge in [-0.15, -0.1) is 0 Å². The van der Waals surface area contributed by atoms with Crippen molar-refractivity contribution in [3.8, 4) is 0 Å². The molecule has 24 heavy (non-hydrogen) atoms. The topological polar surface area (TPSA) is 58.6 Å². The molecule has 0 bridgehead atoms. The first-order valence-corrected chi connectivity index (χ1v) is 8.30. The molecule has 1 N–H and O–H groups in total. The van der Waals surface area contributed by atoms with E-state index in [2.05, 4.69) is 21.2 Å². The molecular formula is C16H19BrF2N2O3. The van der Waals surface area contributed by atoms with E-state index in [0.717, 1.165) is 0 Å². The minimum absolute atomic E-state index is 0.0394. The monoisotopic (exact) mass is 404 g/mol. The van der Waals surface area contributed by atoms with Gasteiger partial charge in [0.15, 0.2) is 11.6 Å². The highest BCUT2D eigenvalue weighted by atomic mass is 79.9. The molecular weight excluding hydrogens is 386 g/mol. The fourth-order valence-electron chi connectivity index (χ4n) is 2.40. The van der Waals surface area contributed by atoms with Gasteiger partial charge >= 0.3 is 6.09 Å². The molecule has 0 aromatic heterocycles. The Labute approximate surface area is 147 Å². The molecule has 1 heterocycles. The van der Waals surface area contributed by atoms with Gasteiger partial charge in [0.25, 0.3) is 5.91 Å². The number of nitrogens with zero attached hydrogens (tertiary/aromatic N) is 1. The van der Waals surface area contributed by atoms with Crippen LogP contribution in [-0.4, -0.2) is 41.6 Å². The summed E-state index contributed by atoms with van der Waals surface area (Å²) in [6.07, 6.45) is -0.0475. The molecule has 132 valence electrons. The summed E-state index contributed by atoms with van der Waals surface area (Å²) in [6.45, 7) is 5.82. The van der Waals surface area contributed by atoms with Gasteiger partial charge in [-0.1, -0.05) is 0 Å². The van der Waals surface area contributed by atoms with Gasteiger partial charge in [0.2, 0.25) is 0 Å². The smallest absolute Gasteiger partial charge is 0.407 e. The van der Waals surface area contributed by atoms with Crippen molar-refractivity contribution in [2.24, 2.45) is 0 Å². The highest BCUT2D eigenvalue weighted by molar-refractivity contribution is 9.10. The van der Waals surface area contributed by atoms with Crippen molar-refractivity contribution in [2.45, 2.75) is 38.8 Å². The zero-order valence-corrected chi connectivity index (χ0v) is 15.2. The molecule has 5 nitrogen and oxygen atoms in total. The van der Waals surface area contributed by atoms with Crippen LogP contribution in [0.3, 0.4) is 0 Å². The van der Waals surface area contributed by atoms with Gasteiger partial charge in [0.05, 0.1) is 16.1 Å². The number of halogens is 3. The van der Waals surface area contributed by atoms with Crippen LogP contribution in [0.15, 0.2) is 16.6 Å². The van der Waals surface area contributed by atoms with E-state index >= 15 is 0 Å². The van der Waals surface area contributed by atoms with Crippen molar-refractivity contribution < 1.29 is 23.1 Å². The molecule has 1 atom stereocenters. The molecule has 8 heteroatoms. The molecule has 2 amide bonds. The lowest BCUT2D eigenvalue weighted by Crippen LogP contribution is -2.41. The fraction of sp³-hybridized carbons (Fsp3) is 0.500. The lowest BCUT2D eigenvalue weighted by molar-refractivity contribution is 0.0502. The molecule has 1 aliphatic heterocycles. The van der Waals surface area contributed by atoms with Crippen molar-refractivity contribution in [3.63, 3.8) is 0 Å². The second-order valence-corrected chi connectivity index (χ2v) is 7.46. The molecule has 1 aliphatic rings. The van der Waals surface area contributed by atoms with E-state index in [4.69, 9.17) is 4.74 Å². The van der Waals surface area contributed by atoms with Crippen LogP contribution in [0.25, 0.3) is 0 Å².